The third-order valence-corrected chi connectivity index (χ3v) is 8.51. The summed E-state index contributed by atoms with van der Waals surface area (Å²) in [5, 5.41) is 8.01. The largest absolute Gasteiger partial charge is 0.363 e. The van der Waals surface area contributed by atoms with Gasteiger partial charge >= 0.3 is 6.03 Å². The number of amides is 6. The maximum Gasteiger partial charge on any atom is 0.315 e. The predicted octanol–water partition coefficient (Wildman–Crippen LogP) is 2.43. The van der Waals surface area contributed by atoms with E-state index >= 15 is 0 Å². The van der Waals surface area contributed by atoms with Crippen LogP contribution in [0.15, 0.2) is 23.3 Å². The summed E-state index contributed by atoms with van der Waals surface area (Å²) in [7, 11) is 0. The van der Waals surface area contributed by atoms with Crippen molar-refractivity contribution >= 4 is 35.4 Å². The van der Waals surface area contributed by atoms with Crippen molar-refractivity contribution in [2.75, 3.05) is 26.2 Å². The predicted molar refractivity (Wildman–Crippen MR) is 175 cm³/mol. The van der Waals surface area contributed by atoms with Crippen LogP contribution in [-0.4, -0.2) is 89.5 Å². The number of Topliss-reactive ketones (excluding diaryl/α,β-unsaturated/α-hetero) is 1. The summed E-state index contributed by atoms with van der Waals surface area (Å²) in [4.78, 5) is 80.1. The number of hydrogen-bond donors (Lipinski definition) is 4. The average molecular weight is 643 g/mol. The molecule has 46 heavy (non-hydrogen) atoms. The summed E-state index contributed by atoms with van der Waals surface area (Å²) in [6.45, 7) is 15.0. The van der Waals surface area contributed by atoms with Gasteiger partial charge in [0.25, 0.3) is 5.91 Å². The number of allylic oxidation sites excluding steroid dienone is 1. The number of urea groups is 1. The first-order valence-electron chi connectivity index (χ1n) is 16.6. The second-order valence-corrected chi connectivity index (χ2v) is 15.0. The van der Waals surface area contributed by atoms with E-state index in [1.54, 1.807) is 25.7 Å². The van der Waals surface area contributed by atoms with E-state index in [0.717, 1.165) is 37.2 Å². The van der Waals surface area contributed by atoms with Gasteiger partial charge in [-0.05, 0) is 60.0 Å². The Balaban J connectivity index is 0.00000136. The van der Waals surface area contributed by atoms with Crippen molar-refractivity contribution < 1.29 is 28.8 Å². The normalized spacial score (nSPS) is 22.0. The third-order valence-electron chi connectivity index (χ3n) is 8.51. The van der Waals surface area contributed by atoms with Crippen LogP contribution < -0.4 is 21.7 Å². The number of carbonyl (C=O) groups excluding carboxylic acids is 6. The van der Waals surface area contributed by atoms with Gasteiger partial charge in [0.15, 0.2) is 0 Å². The number of primary amides is 1. The molecule has 1 saturated carbocycles. The smallest absolute Gasteiger partial charge is 0.315 e. The minimum absolute atomic E-state index is 0.000213. The summed E-state index contributed by atoms with van der Waals surface area (Å²) in [6, 6.07) is -3.54. The monoisotopic (exact) mass is 642 g/mol. The quantitative estimate of drug-likeness (QED) is 0.267. The van der Waals surface area contributed by atoms with E-state index < -0.39 is 53.1 Å². The zero-order valence-electron chi connectivity index (χ0n) is 28.6. The molecular weight excluding hydrogens is 588 g/mol. The molecule has 0 aromatic carbocycles. The number of ketones is 1. The lowest BCUT2D eigenvalue weighted by molar-refractivity contribution is -0.143. The Morgan fingerprint density at radius 3 is 2.24 bits per heavy atom. The van der Waals surface area contributed by atoms with Crippen LogP contribution in [0.25, 0.3) is 0 Å². The molecule has 0 aromatic heterocycles. The van der Waals surface area contributed by atoms with Gasteiger partial charge in [-0.2, -0.15) is 0 Å². The van der Waals surface area contributed by atoms with Crippen molar-refractivity contribution in [2.45, 2.75) is 105 Å². The number of carbonyl (C=O) groups is 6. The van der Waals surface area contributed by atoms with Crippen LogP contribution in [0.2, 0.25) is 0 Å². The summed E-state index contributed by atoms with van der Waals surface area (Å²) in [6.07, 6.45) is 8.62. The standard InChI is InChI=1S/C30H44N6O6.C4H10/c1-17-11-22(27(40)33-21(12-18-9-10-18)24(38)26(31)39)36(14-17)28(41)25(30(2,3)4)34-29(42)32-13-23(37)35-15-19-7-5-6-8-20(19)16-35;1-4(2)3/h5,7,17-18,21-22,25H,6,8-16H2,1-4H3,(H2,31,39)(H,33,40)(H2,32,34,42);4H,1-3H3/t17-,21?,22+,25?;/m1./s1. The second-order valence-electron chi connectivity index (χ2n) is 15.0. The van der Waals surface area contributed by atoms with Crippen molar-refractivity contribution in [3.05, 3.63) is 23.3 Å². The Labute approximate surface area is 273 Å². The highest BCUT2D eigenvalue weighted by Crippen LogP contribution is 2.34. The SMILES string of the molecule is CC(C)C.C[C@@H]1C[C@@H](C(=O)NC(CC2CC2)C(=O)C(N)=O)N(C(=O)C(NC(=O)NCC(=O)N2CC3=C(CCC=C3)C2)C(C)(C)C)C1. The molecule has 2 aliphatic carbocycles. The summed E-state index contributed by atoms with van der Waals surface area (Å²) in [5.74, 6) is -2.02. The van der Waals surface area contributed by atoms with E-state index in [2.05, 4.69) is 48.9 Å². The molecule has 2 heterocycles. The van der Waals surface area contributed by atoms with Crippen LogP contribution in [-0.2, 0) is 24.0 Å². The molecule has 4 aliphatic rings. The minimum atomic E-state index is -1.10. The number of nitrogens with one attached hydrogen (secondary N) is 3. The first-order chi connectivity index (χ1) is 21.5. The molecule has 0 radical (unpaired) electrons. The van der Waals surface area contributed by atoms with E-state index in [1.165, 1.54) is 10.5 Å². The molecule has 6 amide bonds. The van der Waals surface area contributed by atoms with Crippen LogP contribution in [0.1, 0.15) is 87.0 Å². The molecule has 0 aromatic rings. The highest BCUT2D eigenvalue weighted by atomic mass is 16.2. The molecule has 0 bridgehead atoms. The first-order valence-corrected chi connectivity index (χ1v) is 16.6. The van der Waals surface area contributed by atoms with Gasteiger partial charge in [0.05, 0.1) is 12.6 Å². The van der Waals surface area contributed by atoms with Gasteiger partial charge in [0, 0.05) is 19.6 Å². The number of hydrogen-bond acceptors (Lipinski definition) is 6. The highest BCUT2D eigenvalue weighted by Gasteiger charge is 2.45. The van der Waals surface area contributed by atoms with E-state index in [4.69, 9.17) is 5.73 Å². The summed E-state index contributed by atoms with van der Waals surface area (Å²) >= 11 is 0. The summed E-state index contributed by atoms with van der Waals surface area (Å²) in [5.41, 5.74) is 6.92. The van der Waals surface area contributed by atoms with Gasteiger partial charge in [-0.25, -0.2) is 4.79 Å². The molecule has 1 saturated heterocycles. The van der Waals surface area contributed by atoms with Gasteiger partial charge in [0.1, 0.15) is 12.1 Å². The lowest BCUT2D eigenvalue weighted by Crippen LogP contribution is -2.60. The average Bonchev–Trinajstić information content (AvgIpc) is 3.53. The number of likely N-dealkylation sites (tertiary alicyclic amines) is 1. The van der Waals surface area contributed by atoms with Gasteiger partial charge in [-0.15, -0.1) is 0 Å². The van der Waals surface area contributed by atoms with Gasteiger partial charge in [-0.3, -0.25) is 24.0 Å². The fourth-order valence-electron chi connectivity index (χ4n) is 5.94. The lowest BCUT2D eigenvalue weighted by atomic mass is 9.85. The van der Waals surface area contributed by atoms with E-state index in [0.29, 0.717) is 32.5 Å². The fraction of sp³-hybridized carbons (Fsp3) is 0.706. The first kappa shape index (κ1) is 36.8. The number of rotatable bonds is 10. The topological polar surface area (TPSA) is 171 Å². The van der Waals surface area contributed by atoms with Crippen LogP contribution in [0, 0.1) is 23.2 Å². The maximum absolute atomic E-state index is 13.9. The molecule has 2 unspecified atom stereocenters. The van der Waals surface area contributed by atoms with Crippen molar-refractivity contribution in [3.8, 4) is 0 Å². The Bertz CT molecular complexity index is 1240. The Morgan fingerprint density at radius 2 is 1.67 bits per heavy atom. The molecule has 2 aliphatic heterocycles. The van der Waals surface area contributed by atoms with Crippen LogP contribution >= 0.6 is 0 Å². The minimum Gasteiger partial charge on any atom is -0.363 e. The Kier molecular flexibility index (Phi) is 12.6. The molecule has 0 spiro atoms. The maximum atomic E-state index is 13.9. The van der Waals surface area contributed by atoms with E-state index in [1.807, 2.05) is 6.92 Å². The zero-order valence-corrected chi connectivity index (χ0v) is 28.6. The number of nitrogens with two attached hydrogens (primary N) is 1. The van der Waals surface area contributed by atoms with Crippen molar-refractivity contribution in [3.63, 3.8) is 0 Å². The molecule has 5 N–H and O–H groups in total. The fourth-order valence-corrected chi connectivity index (χ4v) is 5.94. The highest BCUT2D eigenvalue weighted by molar-refractivity contribution is 6.37. The van der Waals surface area contributed by atoms with Crippen molar-refractivity contribution in [1.29, 1.82) is 0 Å². The molecule has 4 rings (SSSR count). The molecule has 12 nitrogen and oxygen atoms in total. The Hall–Kier alpha value is -3.70. The van der Waals surface area contributed by atoms with Crippen molar-refractivity contribution in [2.24, 2.45) is 28.9 Å². The van der Waals surface area contributed by atoms with Gasteiger partial charge in [-0.1, -0.05) is 73.5 Å². The second kappa shape index (κ2) is 15.7. The zero-order chi connectivity index (χ0) is 34.3. The van der Waals surface area contributed by atoms with Crippen LogP contribution in [0.3, 0.4) is 0 Å². The molecule has 12 heteroatoms. The van der Waals surface area contributed by atoms with Gasteiger partial charge in [0.2, 0.25) is 23.5 Å². The van der Waals surface area contributed by atoms with E-state index in [9.17, 15) is 28.8 Å². The molecule has 4 atom stereocenters. The molecule has 2 fully saturated rings. The number of nitrogens with zero attached hydrogens (tertiary/aromatic N) is 2. The third kappa shape index (κ3) is 10.4. The molecule has 256 valence electrons. The van der Waals surface area contributed by atoms with Crippen LogP contribution in [0.4, 0.5) is 4.79 Å². The van der Waals surface area contributed by atoms with E-state index in [-0.39, 0.29) is 24.3 Å². The molecular formula is C34H54N6O6. The lowest BCUT2D eigenvalue weighted by Gasteiger charge is -2.35. The van der Waals surface area contributed by atoms with Crippen molar-refractivity contribution in [1.82, 2.24) is 25.8 Å². The Morgan fingerprint density at radius 1 is 1.02 bits per heavy atom. The summed E-state index contributed by atoms with van der Waals surface area (Å²) < 4.78 is 0. The van der Waals surface area contributed by atoms with Crippen LogP contribution in [0.5, 0.6) is 0 Å². The van der Waals surface area contributed by atoms with Gasteiger partial charge < -0.3 is 31.5 Å².